The van der Waals surface area contributed by atoms with Gasteiger partial charge in [0.15, 0.2) is 0 Å². The van der Waals surface area contributed by atoms with Crippen LogP contribution in [0.4, 0.5) is 4.39 Å². The molecule has 22 heavy (non-hydrogen) atoms. The fraction of sp³-hybridized carbons (Fsp3) is 0.0625. The number of fused-ring (bicyclic) bond motifs is 1. The second-order valence-electron chi connectivity index (χ2n) is 4.62. The maximum Gasteiger partial charge on any atom is 0.337 e. The van der Waals surface area contributed by atoms with E-state index in [2.05, 4.69) is 14.7 Å². The van der Waals surface area contributed by atoms with Gasteiger partial charge in [-0.25, -0.2) is 14.2 Å². The maximum atomic E-state index is 13.8. The molecule has 1 aromatic heterocycles. The predicted molar refractivity (Wildman–Crippen MR) is 79.1 cm³/mol. The minimum atomic E-state index is -0.531. The van der Waals surface area contributed by atoms with E-state index in [1.807, 2.05) is 0 Å². The molecule has 1 N–H and O–H groups in total. The lowest BCUT2D eigenvalue weighted by molar-refractivity contribution is 0.0601. The molecule has 0 fully saturated rings. The number of aromatic nitrogens is 2. The number of aromatic amines is 1. The number of esters is 1. The molecule has 0 aliphatic heterocycles. The van der Waals surface area contributed by atoms with E-state index in [1.54, 1.807) is 12.1 Å². The zero-order valence-electron chi connectivity index (χ0n) is 11.6. The number of carbonyl (C=O) groups is 1. The summed E-state index contributed by atoms with van der Waals surface area (Å²) in [7, 11) is 1.27. The number of benzene rings is 2. The molecule has 0 spiro atoms. The van der Waals surface area contributed by atoms with Crippen molar-refractivity contribution in [3.63, 3.8) is 0 Å². The van der Waals surface area contributed by atoms with Crippen LogP contribution in [0.2, 0.25) is 0 Å². The number of rotatable bonds is 2. The third-order valence-corrected chi connectivity index (χ3v) is 3.26. The molecule has 1 heterocycles. The minimum Gasteiger partial charge on any atom is -0.465 e. The van der Waals surface area contributed by atoms with Gasteiger partial charge in [0.2, 0.25) is 0 Å². The maximum absolute atomic E-state index is 13.8. The third-order valence-electron chi connectivity index (χ3n) is 3.26. The van der Waals surface area contributed by atoms with Crippen LogP contribution in [0.25, 0.3) is 22.3 Å². The topological polar surface area (TPSA) is 72.1 Å². The summed E-state index contributed by atoms with van der Waals surface area (Å²) in [6.07, 6.45) is 0. The van der Waals surface area contributed by atoms with Gasteiger partial charge in [0.05, 0.1) is 29.1 Å². The third kappa shape index (κ3) is 2.35. The average Bonchev–Trinajstić information content (AvgIpc) is 2.54. The Morgan fingerprint density at radius 2 is 2.00 bits per heavy atom. The van der Waals surface area contributed by atoms with Crippen LogP contribution in [-0.4, -0.2) is 23.0 Å². The zero-order chi connectivity index (χ0) is 15.7. The molecular formula is C16H11FN2O3. The largest absolute Gasteiger partial charge is 0.465 e. The summed E-state index contributed by atoms with van der Waals surface area (Å²) < 4.78 is 18.5. The first-order valence-electron chi connectivity index (χ1n) is 6.47. The van der Waals surface area contributed by atoms with E-state index < -0.39 is 17.3 Å². The summed E-state index contributed by atoms with van der Waals surface area (Å²) in [5, 5.41) is 0.313. The van der Waals surface area contributed by atoms with Crippen LogP contribution in [0.15, 0.2) is 47.3 Å². The van der Waals surface area contributed by atoms with Gasteiger partial charge in [0.25, 0.3) is 5.56 Å². The van der Waals surface area contributed by atoms with E-state index in [-0.39, 0.29) is 17.0 Å². The highest BCUT2D eigenvalue weighted by molar-refractivity contribution is 5.94. The number of hydrogen-bond donors (Lipinski definition) is 1. The number of nitrogens with one attached hydrogen (secondary N) is 1. The molecule has 0 saturated carbocycles. The number of halogens is 1. The molecule has 0 amide bonds. The molecule has 0 saturated heterocycles. The average molecular weight is 298 g/mol. The Morgan fingerprint density at radius 3 is 2.73 bits per heavy atom. The van der Waals surface area contributed by atoms with Gasteiger partial charge < -0.3 is 9.72 Å². The number of H-pyrrole nitrogens is 1. The summed E-state index contributed by atoms with van der Waals surface area (Å²) in [6.45, 7) is 0. The van der Waals surface area contributed by atoms with Gasteiger partial charge in [-0.05, 0) is 30.3 Å². The summed E-state index contributed by atoms with van der Waals surface area (Å²) in [6, 6.07) is 10.4. The molecule has 2 aromatic carbocycles. The molecular weight excluding hydrogens is 287 g/mol. The predicted octanol–water partition coefficient (Wildman–Crippen LogP) is 2.52. The molecule has 0 unspecified atom stereocenters. The van der Waals surface area contributed by atoms with Gasteiger partial charge in [0, 0.05) is 0 Å². The highest BCUT2D eigenvalue weighted by Crippen LogP contribution is 2.20. The second kappa shape index (κ2) is 5.40. The molecule has 0 radical (unpaired) electrons. The molecule has 5 nitrogen and oxygen atoms in total. The Bertz CT molecular complexity index is 934. The SMILES string of the molecule is COC(=O)c1ccc2c(=O)[nH]c(-c3ccccc3F)nc2c1. The Morgan fingerprint density at radius 1 is 1.23 bits per heavy atom. The highest BCUT2D eigenvalue weighted by atomic mass is 19.1. The van der Waals surface area contributed by atoms with Gasteiger partial charge in [-0.2, -0.15) is 0 Å². The number of nitrogens with zero attached hydrogens (tertiary/aromatic N) is 1. The summed E-state index contributed by atoms with van der Waals surface area (Å²) >= 11 is 0. The van der Waals surface area contributed by atoms with E-state index in [4.69, 9.17) is 0 Å². The Labute approximate surface area is 124 Å². The van der Waals surface area contributed by atoms with Crippen molar-refractivity contribution in [2.24, 2.45) is 0 Å². The van der Waals surface area contributed by atoms with Crippen molar-refractivity contribution in [2.75, 3.05) is 7.11 Å². The zero-order valence-corrected chi connectivity index (χ0v) is 11.6. The quantitative estimate of drug-likeness (QED) is 0.738. The van der Waals surface area contributed by atoms with Crippen LogP contribution in [0, 0.1) is 5.82 Å². The van der Waals surface area contributed by atoms with Crippen LogP contribution < -0.4 is 5.56 Å². The smallest absolute Gasteiger partial charge is 0.337 e. The van der Waals surface area contributed by atoms with Crippen LogP contribution in [0.1, 0.15) is 10.4 Å². The van der Waals surface area contributed by atoms with Gasteiger partial charge in [-0.3, -0.25) is 4.79 Å². The summed E-state index contributed by atoms with van der Waals surface area (Å²) in [4.78, 5) is 30.4. The lowest BCUT2D eigenvalue weighted by Gasteiger charge is -2.05. The van der Waals surface area contributed by atoms with Crippen molar-refractivity contribution in [3.05, 3.63) is 64.2 Å². The standard InChI is InChI=1S/C16H11FN2O3/c1-22-16(21)9-6-7-11-13(8-9)18-14(19-15(11)20)10-4-2-3-5-12(10)17/h2-8H,1H3,(H,18,19,20). The van der Waals surface area contributed by atoms with Gasteiger partial charge in [-0.15, -0.1) is 0 Å². The number of carbonyl (C=O) groups excluding carboxylic acids is 1. The number of hydrogen-bond acceptors (Lipinski definition) is 4. The van der Waals surface area contributed by atoms with Crippen molar-refractivity contribution in [2.45, 2.75) is 0 Å². The first-order chi connectivity index (χ1) is 10.6. The van der Waals surface area contributed by atoms with Crippen molar-refractivity contribution in [3.8, 4) is 11.4 Å². The molecule has 110 valence electrons. The molecule has 3 aromatic rings. The van der Waals surface area contributed by atoms with Gasteiger partial charge >= 0.3 is 5.97 Å². The normalized spacial score (nSPS) is 10.6. The van der Waals surface area contributed by atoms with Crippen LogP contribution >= 0.6 is 0 Å². The Balaban J connectivity index is 2.24. The molecule has 0 atom stereocenters. The fourth-order valence-electron chi connectivity index (χ4n) is 2.17. The molecule has 0 bridgehead atoms. The molecule has 0 aliphatic carbocycles. The lowest BCUT2D eigenvalue weighted by Crippen LogP contribution is -2.11. The highest BCUT2D eigenvalue weighted by Gasteiger charge is 2.12. The van der Waals surface area contributed by atoms with Gasteiger partial charge in [0.1, 0.15) is 11.6 Å². The van der Waals surface area contributed by atoms with Crippen LogP contribution in [-0.2, 0) is 4.74 Å². The monoisotopic (exact) mass is 298 g/mol. The molecule has 3 rings (SSSR count). The van der Waals surface area contributed by atoms with E-state index in [0.29, 0.717) is 10.9 Å². The van der Waals surface area contributed by atoms with Crippen molar-refractivity contribution >= 4 is 16.9 Å². The van der Waals surface area contributed by atoms with E-state index in [9.17, 15) is 14.0 Å². The van der Waals surface area contributed by atoms with Crippen molar-refractivity contribution < 1.29 is 13.9 Å². The van der Waals surface area contributed by atoms with Crippen LogP contribution in [0.3, 0.4) is 0 Å². The van der Waals surface area contributed by atoms with Crippen LogP contribution in [0.5, 0.6) is 0 Å². The van der Waals surface area contributed by atoms with E-state index in [1.165, 1.54) is 37.4 Å². The van der Waals surface area contributed by atoms with E-state index in [0.717, 1.165) is 0 Å². The molecule has 0 aliphatic rings. The summed E-state index contributed by atoms with van der Waals surface area (Å²) in [5.74, 6) is -0.914. The minimum absolute atomic E-state index is 0.109. The lowest BCUT2D eigenvalue weighted by atomic mass is 10.1. The van der Waals surface area contributed by atoms with Crippen molar-refractivity contribution in [1.82, 2.24) is 9.97 Å². The first kappa shape index (κ1) is 13.9. The Hall–Kier alpha value is -3.02. The molecule has 6 heteroatoms. The number of ether oxygens (including phenoxy) is 1. The van der Waals surface area contributed by atoms with E-state index >= 15 is 0 Å². The Kier molecular flexibility index (Phi) is 3.42. The van der Waals surface area contributed by atoms with Gasteiger partial charge in [-0.1, -0.05) is 12.1 Å². The fourth-order valence-corrected chi connectivity index (χ4v) is 2.17. The van der Waals surface area contributed by atoms with Crippen molar-refractivity contribution in [1.29, 1.82) is 0 Å². The second-order valence-corrected chi connectivity index (χ2v) is 4.62. The first-order valence-corrected chi connectivity index (χ1v) is 6.47. The summed E-state index contributed by atoms with van der Waals surface area (Å²) in [5.41, 5.74) is 0.349. The number of methoxy groups -OCH3 is 1.